The predicted molar refractivity (Wildman–Crippen MR) is 82.6 cm³/mol. The number of ether oxygens (including phenoxy) is 1. The molecule has 2 aromatic rings. The van der Waals surface area contributed by atoms with Crippen molar-refractivity contribution in [3.8, 4) is 10.7 Å². The van der Waals surface area contributed by atoms with Crippen LogP contribution >= 0.6 is 11.3 Å². The van der Waals surface area contributed by atoms with Crippen molar-refractivity contribution in [1.29, 1.82) is 0 Å². The molecule has 2 aromatic heterocycles. The van der Waals surface area contributed by atoms with Gasteiger partial charge in [-0.2, -0.15) is 5.10 Å². The van der Waals surface area contributed by atoms with E-state index in [2.05, 4.69) is 34.5 Å². The van der Waals surface area contributed by atoms with E-state index >= 15 is 0 Å². The molecule has 21 heavy (non-hydrogen) atoms. The summed E-state index contributed by atoms with van der Waals surface area (Å²) in [5, 5.41) is 17.2. The molecule has 0 aliphatic rings. The van der Waals surface area contributed by atoms with Gasteiger partial charge in [-0.25, -0.2) is 4.68 Å². The summed E-state index contributed by atoms with van der Waals surface area (Å²) in [4.78, 5) is 11.7. The highest BCUT2D eigenvalue weighted by atomic mass is 32.1. The maximum absolute atomic E-state index is 11.7. The SMILES string of the molecule is COCCn1nc(-c2nnc(NCC(C)C)s2)ccc1=O. The second-order valence-electron chi connectivity index (χ2n) is 4.96. The number of rotatable bonds is 7. The van der Waals surface area contributed by atoms with E-state index in [0.717, 1.165) is 11.7 Å². The molecular weight excluding hydrogens is 290 g/mol. The highest BCUT2D eigenvalue weighted by molar-refractivity contribution is 7.18. The average molecular weight is 309 g/mol. The summed E-state index contributed by atoms with van der Waals surface area (Å²) in [7, 11) is 1.59. The zero-order valence-corrected chi connectivity index (χ0v) is 13.2. The standard InChI is InChI=1S/C13H19N5O2S/c1-9(2)8-14-13-16-15-12(21-13)10-4-5-11(19)18(17-10)6-7-20-3/h4-5,9H,6-8H2,1-3H3,(H,14,16). The van der Waals surface area contributed by atoms with E-state index in [0.29, 0.717) is 29.8 Å². The largest absolute Gasteiger partial charge is 0.383 e. The third kappa shape index (κ3) is 4.33. The van der Waals surface area contributed by atoms with Gasteiger partial charge in [0.1, 0.15) is 5.69 Å². The number of methoxy groups -OCH3 is 1. The first-order chi connectivity index (χ1) is 10.1. The van der Waals surface area contributed by atoms with Crippen molar-refractivity contribution >= 4 is 16.5 Å². The minimum atomic E-state index is -0.154. The van der Waals surface area contributed by atoms with Gasteiger partial charge in [0.15, 0.2) is 5.01 Å². The first-order valence-corrected chi connectivity index (χ1v) is 7.56. The highest BCUT2D eigenvalue weighted by Gasteiger charge is 2.10. The van der Waals surface area contributed by atoms with Crippen LogP contribution in [0.3, 0.4) is 0 Å². The first kappa shape index (κ1) is 15.6. The Hall–Kier alpha value is -1.80. The topological polar surface area (TPSA) is 81.9 Å². The van der Waals surface area contributed by atoms with Gasteiger partial charge in [0.2, 0.25) is 5.13 Å². The van der Waals surface area contributed by atoms with E-state index in [9.17, 15) is 4.79 Å². The molecule has 0 spiro atoms. The monoisotopic (exact) mass is 309 g/mol. The van der Waals surface area contributed by atoms with Gasteiger partial charge in [0, 0.05) is 19.7 Å². The molecule has 7 nitrogen and oxygen atoms in total. The van der Waals surface area contributed by atoms with Crippen molar-refractivity contribution < 1.29 is 4.74 Å². The Balaban J connectivity index is 2.16. The molecule has 2 heterocycles. The number of nitrogens with zero attached hydrogens (tertiary/aromatic N) is 4. The molecule has 114 valence electrons. The third-order valence-electron chi connectivity index (χ3n) is 2.68. The molecular formula is C13H19N5O2S. The summed E-state index contributed by atoms with van der Waals surface area (Å²) < 4.78 is 6.35. The fourth-order valence-corrected chi connectivity index (χ4v) is 2.31. The number of nitrogens with one attached hydrogen (secondary N) is 1. The number of hydrogen-bond acceptors (Lipinski definition) is 7. The van der Waals surface area contributed by atoms with Gasteiger partial charge in [-0.15, -0.1) is 10.2 Å². The molecule has 1 N–H and O–H groups in total. The number of hydrogen-bond donors (Lipinski definition) is 1. The van der Waals surface area contributed by atoms with E-state index in [-0.39, 0.29) is 5.56 Å². The maximum atomic E-state index is 11.7. The lowest BCUT2D eigenvalue weighted by Gasteiger charge is -2.04. The van der Waals surface area contributed by atoms with Crippen LogP contribution < -0.4 is 10.9 Å². The lowest BCUT2D eigenvalue weighted by Crippen LogP contribution is -2.24. The van der Waals surface area contributed by atoms with E-state index in [4.69, 9.17) is 4.74 Å². The van der Waals surface area contributed by atoms with E-state index in [1.54, 1.807) is 13.2 Å². The molecule has 0 aromatic carbocycles. The lowest BCUT2D eigenvalue weighted by molar-refractivity contribution is 0.182. The molecule has 0 radical (unpaired) electrons. The predicted octanol–water partition coefficient (Wildman–Crippen LogP) is 1.48. The summed E-state index contributed by atoms with van der Waals surface area (Å²) in [6.45, 7) is 5.95. The van der Waals surface area contributed by atoms with Gasteiger partial charge in [-0.3, -0.25) is 4.79 Å². The van der Waals surface area contributed by atoms with Crippen molar-refractivity contribution in [2.45, 2.75) is 20.4 Å². The molecule has 0 saturated carbocycles. The molecule has 0 saturated heterocycles. The van der Waals surface area contributed by atoms with Crippen LogP contribution in [0, 0.1) is 5.92 Å². The molecule has 0 fully saturated rings. The second kappa shape index (κ2) is 7.28. The molecule has 0 bridgehead atoms. The van der Waals surface area contributed by atoms with Crippen molar-refractivity contribution in [2.75, 3.05) is 25.6 Å². The van der Waals surface area contributed by atoms with Gasteiger partial charge in [-0.05, 0) is 12.0 Å². The smallest absolute Gasteiger partial charge is 0.266 e. The second-order valence-corrected chi connectivity index (χ2v) is 5.94. The van der Waals surface area contributed by atoms with Crippen LogP contribution in [-0.2, 0) is 11.3 Å². The number of aromatic nitrogens is 4. The average Bonchev–Trinajstić information content (AvgIpc) is 2.93. The van der Waals surface area contributed by atoms with Gasteiger partial charge in [0.25, 0.3) is 5.56 Å². The van der Waals surface area contributed by atoms with Gasteiger partial charge < -0.3 is 10.1 Å². The van der Waals surface area contributed by atoms with Crippen LogP contribution in [0.15, 0.2) is 16.9 Å². The van der Waals surface area contributed by atoms with Crippen LogP contribution in [0.1, 0.15) is 13.8 Å². The van der Waals surface area contributed by atoms with Crippen molar-refractivity contribution in [3.63, 3.8) is 0 Å². The van der Waals surface area contributed by atoms with Crippen LogP contribution in [-0.4, -0.2) is 40.2 Å². The molecule has 0 atom stereocenters. The van der Waals surface area contributed by atoms with Crippen LogP contribution in [0.2, 0.25) is 0 Å². The quantitative estimate of drug-likeness (QED) is 0.834. The lowest BCUT2D eigenvalue weighted by atomic mass is 10.2. The van der Waals surface area contributed by atoms with E-state index < -0.39 is 0 Å². The fraction of sp³-hybridized carbons (Fsp3) is 0.538. The Morgan fingerprint density at radius 2 is 2.19 bits per heavy atom. The molecule has 0 unspecified atom stereocenters. The number of anilines is 1. The molecule has 0 amide bonds. The highest BCUT2D eigenvalue weighted by Crippen LogP contribution is 2.24. The molecule has 2 rings (SSSR count). The van der Waals surface area contributed by atoms with Crippen molar-refractivity contribution in [1.82, 2.24) is 20.0 Å². The zero-order valence-electron chi connectivity index (χ0n) is 12.4. The van der Waals surface area contributed by atoms with Crippen molar-refractivity contribution in [2.24, 2.45) is 5.92 Å². The molecule has 0 aliphatic carbocycles. The fourth-order valence-electron chi connectivity index (χ4n) is 1.59. The minimum absolute atomic E-state index is 0.154. The van der Waals surface area contributed by atoms with Crippen LogP contribution in [0.5, 0.6) is 0 Å². The summed E-state index contributed by atoms with van der Waals surface area (Å²) >= 11 is 1.42. The Bertz CT molecular complexity index is 637. The Morgan fingerprint density at radius 3 is 2.90 bits per heavy atom. The van der Waals surface area contributed by atoms with E-state index in [1.165, 1.54) is 22.1 Å². The molecule has 0 aliphatic heterocycles. The summed E-state index contributed by atoms with van der Waals surface area (Å²) in [5.41, 5.74) is 0.485. The minimum Gasteiger partial charge on any atom is -0.383 e. The first-order valence-electron chi connectivity index (χ1n) is 6.75. The summed E-state index contributed by atoms with van der Waals surface area (Å²) in [5.74, 6) is 0.534. The van der Waals surface area contributed by atoms with Crippen LogP contribution in [0.4, 0.5) is 5.13 Å². The summed E-state index contributed by atoms with van der Waals surface area (Å²) in [6, 6.07) is 3.15. The zero-order chi connectivity index (χ0) is 15.2. The Kier molecular flexibility index (Phi) is 5.40. The van der Waals surface area contributed by atoms with E-state index in [1.807, 2.05) is 0 Å². The Morgan fingerprint density at radius 1 is 1.38 bits per heavy atom. The maximum Gasteiger partial charge on any atom is 0.266 e. The summed E-state index contributed by atoms with van der Waals surface area (Å²) in [6.07, 6.45) is 0. The van der Waals surface area contributed by atoms with Crippen molar-refractivity contribution in [3.05, 3.63) is 22.5 Å². The Labute approximate surface area is 127 Å². The van der Waals surface area contributed by atoms with Gasteiger partial charge in [-0.1, -0.05) is 25.2 Å². The normalized spacial score (nSPS) is 11.0. The van der Waals surface area contributed by atoms with Crippen LogP contribution in [0.25, 0.3) is 10.7 Å². The molecule has 8 heteroatoms. The van der Waals surface area contributed by atoms with Gasteiger partial charge in [0.05, 0.1) is 13.2 Å². The van der Waals surface area contributed by atoms with Gasteiger partial charge >= 0.3 is 0 Å². The third-order valence-corrected chi connectivity index (χ3v) is 3.58.